The van der Waals surface area contributed by atoms with E-state index in [1.807, 2.05) is 35.2 Å². The average molecular weight is 414 g/mol. The van der Waals surface area contributed by atoms with E-state index in [2.05, 4.69) is 5.32 Å². The molecule has 3 N–H and O–H groups in total. The van der Waals surface area contributed by atoms with Crippen molar-refractivity contribution in [3.05, 3.63) is 65.7 Å². The number of halogens is 4. The smallest absolute Gasteiger partial charge is 0.330 e. The molecule has 0 radical (unpaired) electrons. The summed E-state index contributed by atoms with van der Waals surface area (Å²) in [6.07, 6.45) is -4.51. The number of hydrogen-bond acceptors (Lipinski definition) is 3. The Hall–Kier alpha value is -2.09. The minimum atomic E-state index is -4.51. The Kier molecular flexibility index (Phi) is 7.46. The summed E-state index contributed by atoms with van der Waals surface area (Å²) < 4.78 is 39.2. The summed E-state index contributed by atoms with van der Waals surface area (Å²) in [7, 11) is 0. The van der Waals surface area contributed by atoms with E-state index >= 15 is 0 Å². The zero-order valence-electron chi connectivity index (χ0n) is 15.2. The van der Waals surface area contributed by atoms with E-state index in [0.717, 1.165) is 6.07 Å². The van der Waals surface area contributed by atoms with Crippen LogP contribution in [0.1, 0.15) is 17.0 Å². The number of nitrogens with two attached hydrogens (primary N) is 1. The lowest BCUT2D eigenvalue weighted by atomic mass is 9.89. The Labute approximate surface area is 168 Å². The third-order valence-electron chi connectivity index (χ3n) is 4.92. The Bertz CT molecular complexity index is 786. The van der Waals surface area contributed by atoms with Crippen LogP contribution in [0, 0.1) is 5.92 Å². The predicted molar refractivity (Wildman–Crippen MR) is 105 cm³/mol. The number of hydrogen-bond donors (Lipinski definition) is 2. The molecule has 0 bridgehead atoms. The molecule has 0 saturated carbocycles. The lowest BCUT2D eigenvalue weighted by Crippen LogP contribution is -2.32. The second-order valence-electron chi connectivity index (χ2n) is 6.80. The minimum absolute atomic E-state index is 0. The number of para-hydroxylation sites is 1. The van der Waals surface area contributed by atoms with Crippen molar-refractivity contribution >= 4 is 24.0 Å². The molecule has 1 aliphatic rings. The van der Waals surface area contributed by atoms with Crippen molar-refractivity contribution in [1.82, 2.24) is 4.90 Å². The van der Waals surface area contributed by atoms with Crippen LogP contribution in [0.5, 0.6) is 0 Å². The molecule has 0 aromatic heterocycles. The number of nitrogens with zero attached hydrogens (tertiary/aromatic N) is 1. The molecule has 0 spiro atoms. The zero-order valence-corrected chi connectivity index (χ0v) is 16.0. The Morgan fingerprint density at radius 2 is 1.71 bits per heavy atom. The predicted octanol–water partition coefficient (Wildman–Crippen LogP) is 3.74. The first kappa shape index (κ1) is 22.2. The molecular formula is C20H23ClF3N3O. The molecule has 1 fully saturated rings. The molecule has 152 valence electrons. The van der Waals surface area contributed by atoms with Crippen molar-refractivity contribution < 1.29 is 18.0 Å². The lowest BCUT2D eigenvalue weighted by Gasteiger charge is -2.17. The first-order chi connectivity index (χ1) is 12.9. The number of alkyl halides is 3. The van der Waals surface area contributed by atoms with Gasteiger partial charge in [-0.1, -0.05) is 42.5 Å². The molecule has 1 heterocycles. The number of anilines is 1. The van der Waals surface area contributed by atoms with Gasteiger partial charge in [-0.3, -0.25) is 9.69 Å². The van der Waals surface area contributed by atoms with E-state index in [4.69, 9.17) is 5.73 Å². The van der Waals surface area contributed by atoms with E-state index in [-0.39, 0.29) is 36.5 Å². The monoisotopic (exact) mass is 413 g/mol. The van der Waals surface area contributed by atoms with Gasteiger partial charge in [0.25, 0.3) is 0 Å². The summed E-state index contributed by atoms with van der Waals surface area (Å²) in [5, 5.41) is 2.40. The summed E-state index contributed by atoms with van der Waals surface area (Å²) >= 11 is 0. The van der Waals surface area contributed by atoms with Crippen LogP contribution < -0.4 is 11.1 Å². The van der Waals surface area contributed by atoms with E-state index in [1.165, 1.54) is 23.8 Å². The first-order valence-corrected chi connectivity index (χ1v) is 8.82. The number of likely N-dealkylation sites (tertiary alicyclic amines) is 1. The molecule has 1 aliphatic heterocycles. The maximum atomic E-state index is 13.1. The van der Waals surface area contributed by atoms with E-state index in [9.17, 15) is 18.0 Å². The third kappa shape index (κ3) is 5.25. The van der Waals surface area contributed by atoms with Crippen molar-refractivity contribution in [3.8, 4) is 0 Å². The third-order valence-corrected chi connectivity index (χ3v) is 4.92. The van der Waals surface area contributed by atoms with Gasteiger partial charge in [-0.25, -0.2) is 0 Å². The van der Waals surface area contributed by atoms with Gasteiger partial charge in [-0.15, -0.1) is 12.4 Å². The summed E-state index contributed by atoms with van der Waals surface area (Å²) in [6.45, 7) is 1.82. The lowest BCUT2D eigenvalue weighted by molar-refractivity contribution is -0.137. The van der Waals surface area contributed by atoms with Crippen LogP contribution in [0.3, 0.4) is 0 Å². The second-order valence-corrected chi connectivity index (χ2v) is 6.80. The van der Waals surface area contributed by atoms with Crippen LogP contribution in [-0.4, -0.2) is 37.0 Å². The molecule has 2 aromatic rings. The van der Waals surface area contributed by atoms with Gasteiger partial charge in [0.05, 0.1) is 17.8 Å². The fraction of sp³-hybridized carbons (Fsp3) is 0.350. The van der Waals surface area contributed by atoms with Crippen LogP contribution in [0.25, 0.3) is 0 Å². The van der Waals surface area contributed by atoms with Crippen LogP contribution in [-0.2, 0) is 11.0 Å². The molecular weight excluding hydrogens is 391 g/mol. The summed E-state index contributed by atoms with van der Waals surface area (Å²) in [4.78, 5) is 14.3. The second kappa shape index (κ2) is 9.41. The fourth-order valence-electron chi connectivity index (χ4n) is 3.64. The summed E-state index contributed by atoms with van der Waals surface area (Å²) in [6, 6.07) is 14.9. The number of carbonyl (C=O) groups excluding carboxylic acids is 1. The van der Waals surface area contributed by atoms with Gasteiger partial charge in [0, 0.05) is 19.0 Å². The Morgan fingerprint density at radius 1 is 1.07 bits per heavy atom. The number of nitrogens with one attached hydrogen (secondary N) is 1. The normalized spacial score (nSPS) is 19.9. The highest BCUT2D eigenvalue weighted by Crippen LogP contribution is 2.35. The van der Waals surface area contributed by atoms with Crippen molar-refractivity contribution in [1.29, 1.82) is 0 Å². The number of amides is 1. The van der Waals surface area contributed by atoms with Gasteiger partial charge >= 0.3 is 6.18 Å². The number of benzene rings is 2. The highest BCUT2D eigenvalue weighted by molar-refractivity contribution is 5.93. The van der Waals surface area contributed by atoms with Crippen molar-refractivity contribution in [2.75, 3.05) is 31.5 Å². The fourth-order valence-corrected chi connectivity index (χ4v) is 3.64. The van der Waals surface area contributed by atoms with Crippen LogP contribution in [0.15, 0.2) is 54.6 Å². The highest BCUT2D eigenvalue weighted by atomic mass is 35.5. The van der Waals surface area contributed by atoms with Crippen molar-refractivity contribution in [2.45, 2.75) is 12.1 Å². The van der Waals surface area contributed by atoms with E-state index in [1.54, 1.807) is 0 Å². The molecule has 4 nitrogen and oxygen atoms in total. The average Bonchev–Trinajstić information content (AvgIpc) is 3.04. The van der Waals surface area contributed by atoms with Crippen molar-refractivity contribution in [3.63, 3.8) is 0 Å². The number of rotatable bonds is 5. The van der Waals surface area contributed by atoms with Crippen molar-refractivity contribution in [2.24, 2.45) is 11.7 Å². The summed E-state index contributed by atoms with van der Waals surface area (Å²) in [5.41, 5.74) is 5.99. The highest BCUT2D eigenvalue weighted by Gasteiger charge is 2.35. The van der Waals surface area contributed by atoms with Gasteiger partial charge in [-0.2, -0.15) is 13.2 Å². The zero-order chi connectivity index (χ0) is 19.4. The maximum Gasteiger partial charge on any atom is 0.418 e. The van der Waals surface area contributed by atoms with Gasteiger partial charge in [0.2, 0.25) is 5.91 Å². The molecule has 8 heteroatoms. The quantitative estimate of drug-likeness (QED) is 0.785. The Morgan fingerprint density at radius 3 is 2.36 bits per heavy atom. The molecule has 0 unspecified atom stereocenters. The molecule has 0 aliphatic carbocycles. The van der Waals surface area contributed by atoms with E-state index < -0.39 is 17.6 Å². The first-order valence-electron chi connectivity index (χ1n) is 8.82. The largest absolute Gasteiger partial charge is 0.418 e. The van der Waals surface area contributed by atoms with Crippen LogP contribution in [0.4, 0.5) is 18.9 Å². The van der Waals surface area contributed by atoms with Gasteiger partial charge in [0.15, 0.2) is 0 Å². The minimum Gasteiger partial charge on any atom is -0.330 e. The van der Waals surface area contributed by atoms with Gasteiger partial charge < -0.3 is 11.1 Å². The molecule has 28 heavy (non-hydrogen) atoms. The van der Waals surface area contributed by atoms with E-state index in [0.29, 0.717) is 19.6 Å². The standard InChI is InChI=1S/C20H22F3N3O.ClH/c21-20(22,23)17-8-4-5-9-18(17)25-19(27)13-26-11-15(10-24)16(12-26)14-6-2-1-3-7-14;/h1-9,15-16H,10-13,24H2,(H,25,27);1H/t15-,16+;/m1./s1. The van der Waals surface area contributed by atoms with Gasteiger partial charge in [-0.05, 0) is 30.2 Å². The molecule has 2 aromatic carbocycles. The van der Waals surface area contributed by atoms with Crippen LogP contribution >= 0.6 is 12.4 Å². The topological polar surface area (TPSA) is 58.4 Å². The molecule has 3 rings (SSSR count). The van der Waals surface area contributed by atoms with Crippen LogP contribution in [0.2, 0.25) is 0 Å². The Balaban J connectivity index is 0.00000280. The molecule has 2 atom stereocenters. The number of carbonyl (C=O) groups is 1. The molecule has 1 saturated heterocycles. The van der Waals surface area contributed by atoms with Gasteiger partial charge in [0.1, 0.15) is 0 Å². The maximum absolute atomic E-state index is 13.1. The summed E-state index contributed by atoms with van der Waals surface area (Å²) in [5.74, 6) is -0.0368. The molecule has 1 amide bonds. The SMILES string of the molecule is Cl.NC[C@@H]1CN(CC(=O)Nc2ccccc2C(F)(F)F)C[C@H]1c1ccccc1.